The Morgan fingerprint density at radius 3 is 2.16 bits per heavy atom. The highest BCUT2D eigenvalue weighted by molar-refractivity contribution is 5.73. The molecule has 8 nitrogen and oxygen atoms in total. The highest BCUT2D eigenvalue weighted by Gasteiger charge is 2.65. The number of fused-ring (bicyclic) bond motifs is 5. The summed E-state index contributed by atoms with van der Waals surface area (Å²) >= 11 is 0. The first-order valence-corrected chi connectivity index (χ1v) is 19.5. The maximum atomic E-state index is 13.7. The van der Waals surface area contributed by atoms with E-state index in [0.29, 0.717) is 54.0 Å². The van der Waals surface area contributed by atoms with Gasteiger partial charge in [0.15, 0.2) is 0 Å². The Morgan fingerprint density at radius 2 is 1.47 bits per heavy atom. The van der Waals surface area contributed by atoms with Crippen molar-refractivity contribution in [3.63, 3.8) is 0 Å². The molecule has 4 aliphatic carbocycles. The van der Waals surface area contributed by atoms with E-state index >= 15 is 0 Å². The zero-order chi connectivity index (χ0) is 36.3. The van der Waals surface area contributed by atoms with Crippen molar-refractivity contribution in [2.45, 2.75) is 123 Å². The molecule has 8 heteroatoms. The summed E-state index contributed by atoms with van der Waals surface area (Å²) < 4.78 is 17.8. The molecule has 2 aromatic rings. The van der Waals surface area contributed by atoms with E-state index in [9.17, 15) is 14.4 Å². The van der Waals surface area contributed by atoms with Gasteiger partial charge >= 0.3 is 17.9 Å². The van der Waals surface area contributed by atoms with Crippen LogP contribution in [0.2, 0.25) is 0 Å². The molecular formula is C43H60N2O6. The third-order valence-corrected chi connectivity index (χ3v) is 14.2. The maximum absolute atomic E-state index is 13.7. The van der Waals surface area contributed by atoms with Crippen LogP contribution in [0.4, 0.5) is 11.4 Å². The number of methoxy groups -OCH3 is 1. The molecule has 0 bridgehead atoms. The number of rotatable bonds is 12. The molecule has 4 N–H and O–H groups in total. The van der Waals surface area contributed by atoms with Gasteiger partial charge in [0.1, 0.15) is 12.2 Å². The summed E-state index contributed by atoms with van der Waals surface area (Å²) in [5, 5.41) is 0. The minimum atomic E-state index is -0.190. The van der Waals surface area contributed by atoms with Crippen molar-refractivity contribution in [3.8, 4) is 0 Å². The largest absolute Gasteiger partial charge is 0.469 e. The van der Waals surface area contributed by atoms with Crippen LogP contribution in [0.1, 0.15) is 109 Å². The van der Waals surface area contributed by atoms with Crippen molar-refractivity contribution in [2.24, 2.45) is 46.3 Å². The lowest BCUT2D eigenvalue weighted by atomic mass is 9.43. The second-order valence-electron chi connectivity index (χ2n) is 16.9. The molecule has 0 unspecified atom stereocenters. The first-order valence-electron chi connectivity index (χ1n) is 19.5. The number of nitrogens with two attached hydrogens (primary N) is 2. The van der Waals surface area contributed by atoms with Crippen molar-refractivity contribution in [1.29, 1.82) is 0 Å². The summed E-state index contributed by atoms with van der Waals surface area (Å²) in [6.07, 6.45) is 11.5. The molecule has 278 valence electrons. The van der Waals surface area contributed by atoms with Gasteiger partial charge in [-0.15, -0.1) is 0 Å². The van der Waals surface area contributed by atoms with E-state index in [1.54, 1.807) is 0 Å². The van der Waals surface area contributed by atoms with E-state index in [-0.39, 0.29) is 47.4 Å². The molecule has 0 amide bonds. The predicted molar refractivity (Wildman–Crippen MR) is 199 cm³/mol. The van der Waals surface area contributed by atoms with Crippen molar-refractivity contribution >= 4 is 29.3 Å². The zero-order valence-corrected chi connectivity index (χ0v) is 31.2. The molecule has 0 heterocycles. The molecule has 0 saturated heterocycles. The number of hydrogen-bond acceptors (Lipinski definition) is 8. The molecular weight excluding hydrogens is 640 g/mol. The predicted octanol–water partition coefficient (Wildman–Crippen LogP) is 8.10. The van der Waals surface area contributed by atoms with Gasteiger partial charge in [-0.2, -0.15) is 0 Å². The quantitative estimate of drug-likeness (QED) is 0.129. The standard InChI is InChI=1S/C43H60N2O6/c1-27(8-21-39(46)49-4)35-19-20-36-34-18-13-30-25-33(50-40(47)7-5-6-28-9-14-31(44)15-10-28)22-23-42(30,2)37(34)26-38(43(35,36)3)51-41(48)24-29-11-16-32(45)17-12-29/h9-12,14-17,27,30,33-38H,5-8,13,18-26,44-45H2,1-4H3/t27-,30-,33-,34+,35-,36+,37+,38+,42+,43-/m1/s1. The first kappa shape index (κ1) is 37.2. The fourth-order valence-electron chi connectivity index (χ4n) is 11.4. The number of anilines is 2. The minimum Gasteiger partial charge on any atom is -0.469 e. The molecule has 0 aromatic heterocycles. The average molecular weight is 701 g/mol. The van der Waals surface area contributed by atoms with Gasteiger partial charge in [0, 0.05) is 29.6 Å². The number of benzene rings is 2. The third kappa shape index (κ3) is 7.95. The number of nitrogen functional groups attached to an aromatic ring is 2. The summed E-state index contributed by atoms with van der Waals surface area (Å²) in [6, 6.07) is 15.3. The van der Waals surface area contributed by atoms with Crippen LogP contribution in [0.25, 0.3) is 0 Å². The Kier molecular flexibility index (Phi) is 11.4. The Balaban J connectivity index is 1.14. The summed E-state index contributed by atoms with van der Waals surface area (Å²) in [5.41, 5.74) is 15.2. The van der Waals surface area contributed by atoms with E-state index in [0.717, 1.165) is 75.5 Å². The zero-order valence-electron chi connectivity index (χ0n) is 31.2. The topological polar surface area (TPSA) is 131 Å². The van der Waals surface area contributed by atoms with E-state index < -0.39 is 0 Å². The van der Waals surface area contributed by atoms with Gasteiger partial charge in [-0.05, 0) is 147 Å². The Hall–Kier alpha value is -3.55. The van der Waals surface area contributed by atoms with Gasteiger partial charge in [0.25, 0.3) is 0 Å². The lowest BCUT2D eigenvalue weighted by molar-refractivity contribution is -0.199. The molecule has 0 aliphatic heterocycles. The van der Waals surface area contributed by atoms with Crippen molar-refractivity contribution < 1.29 is 28.6 Å². The van der Waals surface area contributed by atoms with E-state index in [2.05, 4.69) is 20.8 Å². The number of carbonyl (C=O) groups excluding carboxylic acids is 3. The van der Waals surface area contributed by atoms with Crippen molar-refractivity contribution in [3.05, 3.63) is 59.7 Å². The highest BCUT2D eigenvalue weighted by Crippen LogP contribution is 2.69. The fourth-order valence-corrected chi connectivity index (χ4v) is 11.4. The SMILES string of the molecule is COC(=O)CC[C@@H](C)[C@H]1CC[C@H]2[C@@H]3CC[C@@H]4C[C@H](OC(=O)CCCc5ccc(N)cc5)CC[C@]4(C)[C@H]3C[C@H](OC(=O)Cc3ccc(N)cc3)[C@]12C. The monoisotopic (exact) mass is 700 g/mol. The van der Waals surface area contributed by atoms with Gasteiger partial charge in [-0.25, -0.2) is 0 Å². The molecule has 0 spiro atoms. The number of carbonyl (C=O) groups is 3. The molecule has 10 atom stereocenters. The summed E-state index contributed by atoms with van der Waals surface area (Å²) in [7, 11) is 1.46. The Bertz CT molecular complexity index is 1530. The first-order chi connectivity index (χ1) is 24.4. The van der Waals surface area contributed by atoms with Gasteiger partial charge in [-0.1, -0.05) is 45.0 Å². The number of esters is 3. The average Bonchev–Trinajstić information content (AvgIpc) is 3.47. The molecule has 6 rings (SSSR count). The molecule has 4 fully saturated rings. The van der Waals surface area contributed by atoms with E-state index in [1.807, 2.05) is 48.5 Å². The second-order valence-corrected chi connectivity index (χ2v) is 16.9. The van der Waals surface area contributed by atoms with Crippen LogP contribution < -0.4 is 11.5 Å². The second kappa shape index (κ2) is 15.6. The number of aryl methyl sites for hydroxylation is 1. The molecule has 51 heavy (non-hydrogen) atoms. The summed E-state index contributed by atoms with van der Waals surface area (Å²) in [6.45, 7) is 7.17. The van der Waals surface area contributed by atoms with Crippen molar-refractivity contribution in [1.82, 2.24) is 0 Å². The lowest BCUT2D eigenvalue weighted by Gasteiger charge is -2.62. The normalized spacial score (nSPS) is 33.2. The van der Waals surface area contributed by atoms with Gasteiger partial charge in [0.2, 0.25) is 0 Å². The smallest absolute Gasteiger partial charge is 0.310 e. The van der Waals surface area contributed by atoms with Crippen LogP contribution in [0, 0.1) is 46.3 Å². The lowest BCUT2D eigenvalue weighted by Crippen LogP contribution is -2.59. The van der Waals surface area contributed by atoms with E-state index in [1.165, 1.54) is 19.1 Å². The van der Waals surface area contributed by atoms with Crippen LogP contribution in [0.3, 0.4) is 0 Å². The number of hydrogen-bond donors (Lipinski definition) is 2. The summed E-state index contributed by atoms with van der Waals surface area (Å²) in [4.78, 5) is 38.8. The number of ether oxygens (including phenoxy) is 3. The van der Waals surface area contributed by atoms with Gasteiger partial charge in [0.05, 0.1) is 13.5 Å². The Labute approximate surface area is 304 Å². The minimum absolute atomic E-state index is 0.0300. The van der Waals surface area contributed by atoms with Crippen LogP contribution >= 0.6 is 0 Å². The fraction of sp³-hybridized carbons (Fsp3) is 0.651. The summed E-state index contributed by atoms with van der Waals surface area (Å²) in [5.74, 6) is 2.21. The van der Waals surface area contributed by atoms with Gasteiger partial charge in [-0.3, -0.25) is 14.4 Å². The molecule has 0 radical (unpaired) electrons. The van der Waals surface area contributed by atoms with Crippen LogP contribution in [-0.2, 0) is 41.4 Å². The van der Waals surface area contributed by atoms with Crippen LogP contribution in [-0.4, -0.2) is 37.2 Å². The van der Waals surface area contributed by atoms with Crippen molar-refractivity contribution in [2.75, 3.05) is 18.6 Å². The molecule has 4 saturated carbocycles. The third-order valence-electron chi connectivity index (χ3n) is 14.2. The van der Waals surface area contributed by atoms with E-state index in [4.69, 9.17) is 25.7 Å². The Morgan fingerprint density at radius 1 is 0.784 bits per heavy atom. The highest BCUT2D eigenvalue weighted by atomic mass is 16.5. The molecule has 2 aromatic carbocycles. The maximum Gasteiger partial charge on any atom is 0.310 e. The van der Waals surface area contributed by atoms with Crippen LogP contribution in [0.15, 0.2) is 48.5 Å². The molecule has 4 aliphatic rings. The van der Waals surface area contributed by atoms with Gasteiger partial charge < -0.3 is 25.7 Å². The van der Waals surface area contributed by atoms with Crippen LogP contribution in [0.5, 0.6) is 0 Å².